The van der Waals surface area contributed by atoms with Crippen molar-refractivity contribution in [1.82, 2.24) is 15.0 Å². The summed E-state index contributed by atoms with van der Waals surface area (Å²) in [6.45, 7) is 0. The van der Waals surface area contributed by atoms with Crippen molar-refractivity contribution in [3.8, 4) is 28.3 Å². The zero-order valence-corrected chi connectivity index (χ0v) is 14.2. The number of rotatable bonds is 3. The van der Waals surface area contributed by atoms with Crippen LogP contribution in [0.25, 0.3) is 33.4 Å². The zero-order chi connectivity index (χ0) is 17.2. The third kappa shape index (κ3) is 3.04. The monoisotopic (exact) mass is 347 g/mol. The van der Waals surface area contributed by atoms with Crippen molar-refractivity contribution in [3.05, 3.63) is 72.1 Å². The molecule has 122 valence electrons. The van der Waals surface area contributed by atoms with E-state index in [0.717, 1.165) is 33.3 Å². The van der Waals surface area contributed by atoms with Crippen LogP contribution in [0.1, 0.15) is 0 Å². The SMILES string of the molecule is COc1cccc(-c2ccc3nc(-c4cccnc4)nc(Cl)c3c2)c1. The van der Waals surface area contributed by atoms with Gasteiger partial charge in [0, 0.05) is 23.3 Å². The van der Waals surface area contributed by atoms with Crippen molar-refractivity contribution < 1.29 is 4.74 Å². The van der Waals surface area contributed by atoms with Crippen LogP contribution < -0.4 is 4.74 Å². The van der Waals surface area contributed by atoms with Crippen LogP contribution in [0, 0.1) is 0 Å². The summed E-state index contributed by atoms with van der Waals surface area (Å²) in [5, 5.41) is 1.24. The number of nitrogens with zero attached hydrogens (tertiary/aromatic N) is 3. The second-order valence-corrected chi connectivity index (χ2v) is 5.90. The fourth-order valence-electron chi connectivity index (χ4n) is 2.70. The van der Waals surface area contributed by atoms with Crippen LogP contribution in [-0.4, -0.2) is 22.1 Å². The maximum absolute atomic E-state index is 6.43. The van der Waals surface area contributed by atoms with Gasteiger partial charge in [0.2, 0.25) is 0 Å². The maximum atomic E-state index is 6.43. The number of benzene rings is 2. The molecule has 0 unspecified atom stereocenters. The number of hydrogen-bond donors (Lipinski definition) is 0. The van der Waals surface area contributed by atoms with E-state index in [0.29, 0.717) is 11.0 Å². The molecule has 0 N–H and O–H groups in total. The molecule has 4 aromatic rings. The van der Waals surface area contributed by atoms with Gasteiger partial charge in [0.15, 0.2) is 5.82 Å². The highest BCUT2D eigenvalue weighted by atomic mass is 35.5. The molecule has 2 aromatic carbocycles. The van der Waals surface area contributed by atoms with Gasteiger partial charge < -0.3 is 4.74 Å². The smallest absolute Gasteiger partial charge is 0.163 e. The first-order chi connectivity index (χ1) is 12.2. The summed E-state index contributed by atoms with van der Waals surface area (Å²) in [5.74, 6) is 1.38. The number of pyridine rings is 1. The number of fused-ring (bicyclic) bond motifs is 1. The van der Waals surface area contributed by atoms with E-state index in [1.165, 1.54) is 0 Å². The summed E-state index contributed by atoms with van der Waals surface area (Å²) >= 11 is 6.43. The Labute approximate surface area is 150 Å². The van der Waals surface area contributed by atoms with E-state index in [4.69, 9.17) is 16.3 Å². The molecule has 0 saturated carbocycles. The molecule has 0 bridgehead atoms. The van der Waals surface area contributed by atoms with Gasteiger partial charge in [-0.3, -0.25) is 4.98 Å². The Morgan fingerprint density at radius 1 is 0.880 bits per heavy atom. The van der Waals surface area contributed by atoms with Crippen molar-refractivity contribution in [2.75, 3.05) is 7.11 Å². The molecule has 5 heteroatoms. The normalized spacial score (nSPS) is 10.8. The Morgan fingerprint density at radius 2 is 1.72 bits per heavy atom. The highest BCUT2D eigenvalue weighted by molar-refractivity contribution is 6.34. The minimum absolute atomic E-state index is 0.425. The summed E-state index contributed by atoms with van der Waals surface area (Å²) in [6, 6.07) is 17.6. The molecule has 0 atom stereocenters. The quantitative estimate of drug-likeness (QED) is 0.488. The standard InChI is InChI=1S/C20H14ClN3O/c1-25-16-6-2-4-13(10-16)14-7-8-18-17(11-14)19(21)24-20(23-18)15-5-3-9-22-12-15/h2-12H,1H3. The maximum Gasteiger partial charge on any atom is 0.163 e. The minimum Gasteiger partial charge on any atom is -0.497 e. The number of ether oxygens (including phenoxy) is 1. The molecule has 0 radical (unpaired) electrons. The van der Waals surface area contributed by atoms with Gasteiger partial charge in [0.1, 0.15) is 10.9 Å². The van der Waals surface area contributed by atoms with Gasteiger partial charge in [-0.25, -0.2) is 9.97 Å². The molecule has 0 aliphatic rings. The molecule has 0 aliphatic carbocycles. The molecule has 0 saturated heterocycles. The molecular formula is C20H14ClN3O. The Hall–Kier alpha value is -2.98. The van der Waals surface area contributed by atoms with E-state index in [1.54, 1.807) is 19.5 Å². The van der Waals surface area contributed by atoms with Crippen LogP contribution in [0.5, 0.6) is 5.75 Å². The third-order valence-corrected chi connectivity index (χ3v) is 4.26. The Balaban J connectivity index is 1.83. The van der Waals surface area contributed by atoms with Crippen molar-refractivity contribution in [2.24, 2.45) is 0 Å². The molecule has 0 spiro atoms. The van der Waals surface area contributed by atoms with Crippen LogP contribution in [0.4, 0.5) is 0 Å². The van der Waals surface area contributed by atoms with Gasteiger partial charge in [-0.05, 0) is 47.5 Å². The zero-order valence-electron chi connectivity index (χ0n) is 13.5. The van der Waals surface area contributed by atoms with Gasteiger partial charge in [0.05, 0.1) is 12.6 Å². The Kier molecular flexibility index (Phi) is 4.04. The van der Waals surface area contributed by atoms with Gasteiger partial charge in [0.25, 0.3) is 0 Å². The van der Waals surface area contributed by atoms with E-state index in [1.807, 2.05) is 54.6 Å². The van der Waals surface area contributed by atoms with Crippen LogP contribution in [0.3, 0.4) is 0 Å². The predicted octanol–water partition coefficient (Wildman–Crippen LogP) is 5.02. The largest absolute Gasteiger partial charge is 0.497 e. The fraction of sp³-hybridized carbons (Fsp3) is 0.0500. The summed E-state index contributed by atoms with van der Waals surface area (Å²) in [5.41, 5.74) is 3.72. The number of methoxy groups -OCH3 is 1. The molecule has 4 nitrogen and oxygen atoms in total. The van der Waals surface area contributed by atoms with E-state index < -0.39 is 0 Å². The Bertz CT molecular complexity index is 1050. The van der Waals surface area contributed by atoms with Crippen LogP contribution in [0.2, 0.25) is 5.15 Å². The summed E-state index contributed by atoms with van der Waals surface area (Å²) < 4.78 is 5.30. The van der Waals surface area contributed by atoms with Gasteiger partial charge in [-0.1, -0.05) is 29.8 Å². The lowest BCUT2D eigenvalue weighted by Crippen LogP contribution is -1.93. The van der Waals surface area contributed by atoms with E-state index in [9.17, 15) is 0 Å². The van der Waals surface area contributed by atoms with Gasteiger partial charge in [-0.15, -0.1) is 0 Å². The predicted molar refractivity (Wildman–Crippen MR) is 99.8 cm³/mol. The highest BCUT2D eigenvalue weighted by Gasteiger charge is 2.10. The molecule has 0 aliphatic heterocycles. The van der Waals surface area contributed by atoms with Crippen LogP contribution in [-0.2, 0) is 0 Å². The first kappa shape index (κ1) is 15.5. The third-order valence-electron chi connectivity index (χ3n) is 3.97. The second kappa shape index (κ2) is 6.49. The molecule has 0 amide bonds. The van der Waals surface area contributed by atoms with Crippen molar-refractivity contribution >= 4 is 22.5 Å². The van der Waals surface area contributed by atoms with Gasteiger partial charge in [-0.2, -0.15) is 0 Å². The lowest BCUT2D eigenvalue weighted by molar-refractivity contribution is 0.415. The molecule has 4 rings (SSSR count). The number of hydrogen-bond acceptors (Lipinski definition) is 4. The van der Waals surface area contributed by atoms with Crippen molar-refractivity contribution in [2.45, 2.75) is 0 Å². The van der Waals surface area contributed by atoms with Crippen LogP contribution in [0.15, 0.2) is 67.0 Å². The molecular weight excluding hydrogens is 334 g/mol. The van der Waals surface area contributed by atoms with E-state index in [-0.39, 0.29) is 0 Å². The molecule has 2 aromatic heterocycles. The van der Waals surface area contributed by atoms with Gasteiger partial charge >= 0.3 is 0 Å². The average Bonchev–Trinajstić information content (AvgIpc) is 2.68. The summed E-state index contributed by atoms with van der Waals surface area (Å²) in [6.07, 6.45) is 3.44. The minimum atomic E-state index is 0.425. The number of aromatic nitrogens is 3. The molecule has 0 fully saturated rings. The van der Waals surface area contributed by atoms with E-state index >= 15 is 0 Å². The van der Waals surface area contributed by atoms with E-state index in [2.05, 4.69) is 15.0 Å². The molecule has 25 heavy (non-hydrogen) atoms. The lowest BCUT2D eigenvalue weighted by atomic mass is 10.0. The lowest BCUT2D eigenvalue weighted by Gasteiger charge is -2.08. The van der Waals surface area contributed by atoms with Crippen molar-refractivity contribution in [3.63, 3.8) is 0 Å². The average molecular weight is 348 g/mol. The van der Waals surface area contributed by atoms with Crippen LogP contribution >= 0.6 is 11.6 Å². The second-order valence-electron chi connectivity index (χ2n) is 5.54. The molecule has 2 heterocycles. The fourth-order valence-corrected chi connectivity index (χ4v) is 2.93. The summed E-state index contributed by atoms with van der Waals surface area (Å²) in [4.78, 5) is 13.2. The first-order valence-corrected chi connectivity index (χ1v) is 8.14. The number of halogens is 1. The highest BCUT2D eigenvalue weighted by Crippen LogP contribution is 2.30. The first-order valence-electron chi connectivity index (χ1n) is 7.77. The van der Waals surface area contributed by atoms with Crippen molar-refractivity contribution in [1.29, 1.82) is 0 Å². The Morgan fingerprint density at radius 3 is 2.52 bits per heavy atom. The topological polar surface area (TPSA) is 47.9 Å². The summed E-state index contributed by atoms with van der Waals surface area (Å²) in [7, 11) is 1.66.